The summed E-state index contributed by atoms with van der Waals surface area (Å²) in [5, 5.41) is 1.82. The third kappa shape index (κ3) is 3.10. The Morgan fingerprint density at radius 3 is 2.67 bits per heavy atom. The molecule has 2 saturated carbocycles. The van der Waals surface area contributed by atoms with E-state index in [1.807, 2.05) is 6.07 Å². The van der Waals surface area contributed by atoms with E-state index in [-0.39, 0.29) is 5.82 Å². The van der Waals surface area contributed by atoms with Gasteiger partial charge >= 0.3 is 0 Å². The summed E-state index contributed by atoms with van der Waals surface area (Å²) < 4.78 is 14.1. The molecule has 0 amide bonds. The van der Waals surface area contributed by atoms with Gasteiger partial charge in [-0.1, -0.05) is 50.5 Å². The maximum Gasteiger partial charge on any atom is 0.131 e. The standard InChI is InChI=1S/C23H29F/c1-2-4-16-7-8-19-14-20(12-11-18(19)13-16)21-10-9-17-5-3-6-23(24)22(17)15-21/h3,5-6,9-10,15-16,18-20H,2,4,7-8,11-14H2,1H3. The molecule has 128 valence electrons. The Bertz CT molecular complexity index is 704. The number of hydrogen-bond acceptors (Lipinski definition) is 0. The summed E-state index contributed by atoms with van der Waals surface area (Å²) in [5.74, 6) is 3.42. The van der Waals surface area contributed by atoms with Crippen molar-refractivity contribution in [2.75, 3.05) is 0 Å². The molecule has 0 aromatic heterocycles. The second kappa shape index (κ2) is 6.86. The van der Waals surface area contributed by atoms with Gasteiger partial charge in [-0.25, -0.2) is 4.39 Å². The normalized spacial score (nSPS) is 30.2. The molecule has 4 rings (SSSR count). The summed E-state index contributed by atoms with van der Waals surface area (Å²) in [6, 6.07) is 11.9. The van der Waals surface area contributed by atoms with Crippen molar-refractivity contribution in [3.63, 3.8) is 0 Å². The van der Waals surface area contributed by atoms with Crippen molar-refractivity contribution in [2.24, 2.45) is 17.8 Å². The molecular formula is C23H29F. The number of fused-ring (bicyclic) bond motifs is 2. The minimum absolute atomic E-state index is 0.0805. The highest BCUT2D eigenvalue weighted by Gasteiger charge is 2.35. The van der Waals surface area contributed by atoms with E-state index in [9.17, 15) is 4.39 Å². The lowest BCUT2D eigenvalue weighted by atomic mass is 9.63. The molecule has 0 heterocycles. The SMILES string of the molecule is CCCC1CCC2CC(c3ccc4cccc(F)c4c3)CCC2C1. The monoisotopic (exact) mass is 324 g/mol. The van der Waals surface area contributed by atoms with Crippen LogP contribution in [0.1, 0.15) is 69.8 Å². The van der Waals surface area contributed by atoms with Crippen LogP contribution in [0.3, 0.4) is 0 Å². The number of halogens is 1. The zero-order chi connectivity index (χ0) is 16.5. The Labute approximate surface area is 145 Å². The molecular weight excluding hydrogens is 295 g/mol. The summed E-state index contributed by atoms with van der Waals surface area (Å²) in [7, 11) is 0. The average Bonchev–Trinajstić information content (AvgIpc) is 2.62. The molecule has 4 unspecified atom stereocenters. The van der Waals surface area contributed by atoms with E-state index in [0.29, 0.717) is 5.92 Å². The van der Waals surface area contributed by atoms with Crippen molar-refractivity contribution in [3.8, 4) is 0 Å². The number of hydrogen-bond donors (Lipinski definition) is 0. The second-order valence-corrected chi connectivity index (χ2v) is 8.22. The van der Waals surface area contributed by atoms with Gasteiger partial charge in [0.2, 0.25) is 0 Å². The lowest BCUT2D eigenvalue weighted by Crippen LogP contribution is -2.30. The predicted molar refractivity (Wildman–Crippen MR) is 99.7 cm³/mol. The van der Waals surface area contributed by atoms with E-state index >= 15 is 0 Å². The zero-order valence-electron chi connectivity index (χ0n) is 14.8. The van der Waals surface area contributed by atoms with Gasteiger partial charge in [0.25, 0.3) is 0 Å². The van der Waals surface area contributed by atoms with Crippen LogP contribution in [0, 0.1) is 23.6 Å². The Hall–Kier alpha value is -1.37. The van der Waals surface area contributed by atoms with Gasteiger partial charge in [-0.15, -0.1) is 0 Å². The third-order valence-electron chi connectivity index (χ3n) is 6.74. The highest BCUT2D eigenvalue weighted by atomic mass is 19.1. The van der Waals surface area contributed by atoms with Gasteiger partial charge in [-0.3, -0.25) is 0 Å². The molecule has 0 aliphatic heterocycles. The Balaban J connectivity index is 1.50. The van der Waals surface area contributed by atoms with Crippen molar-refractivity contribution >= 4 is 10.8 Å². The summed E-state index contributed by atoms with van der Waals surface area (Å²) in [5.41, 5.74) is 1.36. The van der Waals surface area contributed by atoms with Crippen LogP contribution in [0.5, 0.6) is 0 Å². The van der Waals surface area contributed by atoms with Crippen LogP contribution in [0.4, 0.5) is 4.39 Å². The predicted octanol–water partition coefficient (Wildman–Crippen LogP) is 7.08. The van der Waals surface area contributed by atoms with Gasteiger partial charge in [0.1, 0.15) is 5.82 Å². The maximum atomic E-state index is 14.1. The van der Waals surface area contributed by atoms with Crippen molar-refractivity contribution in [3.05, 3.63) is 47.8 Å². The lowest BCUT2D eigenvalue weighted by molar-refractivity contribution is 0.114. The lowest BCUT2D eigenvalue weighted by Gasteiger charge is -2.42. The van der Waals surface area contributed by atoms with Gasteiger partial charge in [0.05, 0.1) is 0 Å². The molecule has 2 fully saturated rings. The van der Waals surface area contributed by atoms with Crippen LogP contribution in [-0.4, -0.2) is 0 Å². The Kier molecular flexibility index (Phi) is 4.61. The summed E-state index contributed by atoms with van der Waals surface area (Å²) in [4.78, 5) is 0. The van der Waals surface area contributed by atoms with Crippen LogP contribution in [0.25, 0.3) is 10.8 Å². The molecule has 0 saturated heterocycles. The largest absolute Gasteiger partial charge is 0.206 e. The fraction of sp³-hybridized carbons (Fsp3) is 0.565. The van der Waals surface area contributed by atoms with Crippen molar-refractivity contribution in [1.29, 1.82) is 0 Å². The molecule has 0 spiro atoms. The van der Waals surface area contributed by atoms with E-state index in [4.69, 9.17) is 0 Å². The molecule has 24 heavy (non-hydrogen) atoms. The van der Waals surface area contributed by atoms with Gasteiger partial charge in [0, 0.05) is 5.39 Å². The maximum absolute atomic E-state index is 14.1. The average molecular weight is 324 g/mol. The first-order chi connectivity index (χ1) is 11.7. The molecule has 1 heteroatoms. The zero-order valence-corrected chi connectivity index (χ0v) is 14.8. The topological polar surface area (TPSA) is 0 Å². The molecule has 2 aromatic carbocycles. The molecule has 4 atom stereocenters. The summed E-state index contributed by atoms with van der Waals surface area (Å²) in [6.45, 7) is 2.32. The fourth-order valence-electron chi connectivity index (χ4n) is 5.47. The molecule has 0 bridgehead atoms. The molecule has 2 aliphatic rings. The molecule has 0 nitrogen and oxygen atoms in total. The van der Waals surface area contributed by atoms with Gasteiger partial charge in [-0.05, 0) is 78.9 Å². The molecule has 2 aliphatic carbocycles. The van der Waals surface area contributed by atoms with Crippen LogP contribution in [-0.2, 0) is 0 Å². The van der Waals surface area contributed by atoms with Gasteiger partial charge in [0.15, 0.2) is 0 Å². The van der Waals surface area contributed by atoms with Crippen LogP contribution >= 0.6 is 0 Å². The van der Waals surface area contributed by atoms with Gasteiger partial charge < -0.3 is 0 Å². The quantitative estimate of drug-likeness (QED) is 0.566. The highest BCUT2D eigenvalue weighted by Crippen LogP contribution is 2.48. The molecule has 2 aromatic rings. The van der Waals surface area contributed by atoms with Crippen LogP contribution < -0.4 is 0 Å². The first-order valence-corrected chi connectivity index (χ1v) is 9.92. The van der Waals surface area contributed by atoms with Crippen molar-refractivity contribution in [1.82, 2.24) is 0 Å². The smallest absolute Gasteiger partial charge is 0.131 e. The van der Waals surface area contributed by atoms with E-state index in [0.717, 1.165) is 28.5 Å². The minimum Gasteiger partial charge on any atom is -0.206 e. The van der Waals surface area contributed by atoms with Crippen molar-refractivity contribution < 1.29 is 4.39 Å². The van der Waals surface area contributed by atoms with E-state index in [1.165, 1.54) is 56.9 Å². The van der Waals surface area contributed by atoms with Crippen molar-refractivity contribution in [2.45, 2.75) is 64.2 Å². The first kappa shape index (κ1) is 16.1. The van der Waals surface area contributed by atoms with E-state index < -0.39 is 0 Å². The highest BCUT2D eigenvalue weighted by molar-refractivity contribution is 5.83. The molecule has 0 N–H and O–H groups in total. The minimum atomic E-state index is -0.0805. The second-order valence-electron chi connectivity index (χ2n) is 8.22. The Morgan fingerprint density at radius 1 is 0.958 bits per heavy atom. The van der Waals surface area contributed by atoms with E-state index in [1.54, 1.807) is 12.1 Å². The summed E-state index contributed by atoms with van der Waals surface area (Å²) >= 11 is 0. The van der Waals surface area contributed by atoms with Gasteiger partial charge in [-0.2, -0.15) is 0 Å². The number of rotatable bonds is 3. The van der Waals surface area contributed by atoms with E-state index in [2.05, 4.69) is 25.1 Å². The van der Waals surface area contributed by atoms with Crippen LogP contribution in [0.15, 0.2) is 36.4 Å². The summed E-state index contributed by atoms with van der Waals surface area (Å²) in [6.07, 6.45) is 11.1. The Morgan fingerprint density at radius 2 is 1.79 bits per heavy atom. The third-order valence-corrected chi connectivity index (χ3v) is 6.74. The first-order valence-electron chi connectivity index (χ1n) is 9.92. The number of benzene rings is 2. The fourth-order valence-corrected chi connectivity index (χ4v) is 5.47. The van der Waals surface area contributed by atoms with Crippen LogP contribution in [0.2, 0.25) is 0 Å². The molecule has 0 radical (unpaired) electrons.